The van der Waals surface area contributed by atoms with Crippen LogP contribution in [0.3, 0.4) is 0 Å². The van der Waals surface area contributed by atoms with E-state index >= 15 is 0 Å². The van der Waals surface area contributed by atoms with E-state index in [0.717, 1.165) is 12.2 Å². The average molecular weight is 151 g/mol. The summed E-state index contributed by atoms with van der Waals surface area (Å²) < 4.78 is 0. The van der Waals surface area contributed by atoms with Crippen molar-refractivity contribution in [1.82, 2.24) is 0 Å². The number of nitrogens with one attached hydrogen (secondary N) is 1. The van der Waals surface area contributed by atoms with Gasteiger partial charge in [-0.1, -0.05) is 30.4 Å². The van der Waals surface area contributed by atoms with Crippen LogP contribution in [0.1, 0.15) is 0 Å². The van der Waals surface area contributed by atoms with Gasteiger partial charge in [-0.25, -0.2) is 0 Å². The maximum absolute atomic E-state index is 4.66. The number of thiocarbonyl (C=S) groups is 1. The Hall–Kier alpha value is -0.890. The van der Waals surface area contributed by atoms with Gasteiger partial charge in [0, 0.05) is 12.2 Å². The number of anilines is 1. The summed E-state index contributed by atoms with van der Waals surface area (Å²) in [5, 5.41) is 4.81. The zero-order chi connectivity index (χ0) is 7.23. The van der Waals surface area contributed by atoms with Gasteiger partial charge in [0.1, 0.15) is 0 Å². The topological polar surface area (TPSA) is 12.0 Å². The molecule has 0 spiro atoms. The zero-order valence-electron chi connectivity index (χ0n) is 5.58. The third kappa shape index (κ3) is 2.15. The molecule has 1 aromatic carbocycles. The first-order valence-electron chi connectivity index (χ1n) is 3.16. The van der Waals surface area contributed by atoms with E-state index in [9.17, 15) is 0 Å². The highest BCUT2D eigenvalue weighted by Crippen LogP contribution is 2.02. The molecule has 0 radical (unpaired) electrons. The molecule has 0 bridgehead atoms. The molecule has 1 rings (SSSR count). The van der Waals surface area contributed by atoms with Gasteiger partial charge in [0.25, 0.3) is 0 Å². The molecule has 10 heavy (non-hydrogen) atoms. The smallest absolute Gasteiger partial charge is 0.0433 e. The molecule has 0 aromatic heterocycles. The van der Waals surface area contributed by atoms with Crippen LogP contribution in [0, 0.1) is 0 Å². The number of para-hydroxylation sites is 1. The van der Waals surface area contributed by atoms with Crippen molar-refractivity contribution in [3.63, 3.8) is 0 Å². The Labute approximate surface area is 66.1 Å². The van der Waals surface area contributed by atoms with Gasteiger partial charge in [-0.05, 0) is 17.5 Å². The van der Waals surface area contributed by atoms with Crippen molar-refractivity contribution < 1.29 is 0 Å². The van der Waals surface area contributed by atoms with Gasteiger partial charge in [0.2, 0.25) is 0 Å². The number of rotatable bonds is 3. The first-order valence-corrected chi connectivity index (χ1v) is 3.63. The Morgan fingerprint density at radius 3 is 2.60 bits per heavy atom. The van der Waals surface area contributed by atoms with E-state index in [1.807, 2.05) is 30.3 Å². The van der Waals surface area contributed by atoms with E-state index in [1.165, 1.54) is 0 Å². The van der Waals surface area contributed by atoms with Crippen molar-refractivity contribution in [3.05, 3.63) is 30.3 Å². The van der Waals surface area contributed by atoms with Gasteiger partial charge in [0.15, 0.2) is 0 Å². The Bertz CT molecular complexity index is 196. The second kappa shape index (κ2) is 4.01. The molecule has 0 unspecified atom stereocenters. The number of hydrogen-bond donors (Lipinski definition) is 1. The van der Waals surface area contributed by atoms with E-state index in [4.69, 9.17) is 0 Å². The minimum absolute atomic E-state index is 0.749. The summed E-state index contributed by atoms with van der Waals surface area (Å²) in [6, 6.07) is 10.00. The van der Waals surface area contributed by atoms with Gasteiger partial charge in [-0.2, -0.15) is 0 Å². The molecular weight excluding hydrogens is 142 g/mol. The highest BCUT2D eigenvalue weighted by molar-refractivity contribution is 7.79. The first kappa shape index (κ1) is 7.22. The summed E-state index contributed by atoms with van der Waals surface area (Å²) >= 11 is 4.66. The van der Waals surface area contributed by atoms with Crippen molar-refractivity contribution in [2.45, 2.75) is 0 Å². The van der Waals surface area contributed by atoms with E-state index in [1.54, 1.807) is 5.37 Å². The molecule has 0 saturated carbocycles. The highest BCUT2D eigenvalue weighted by atomic mass is 32.1. The summed E-state index contributed by atoms with van der Waals surface area (Å²) in [7, 11) is 0. The minimum Gasteiger partial charge on any atom is -0.381 e. The molecule has 0 saturated heterocycles. The van der Waals surface area contributed by atoms with Crippen LogP contribution in [0.2, 0.25) is 0 Å². The first-order chi connectivity index (χ1) is 4.93. The lowest BCUT2D eigenvalue weighted by Crippen LogP contribution is -1.99. The fourth-order valence-corrected chi connectivity index (χ4v) is 0.799. The van der Waals surface area contributed by atoms with E-state index in [-0.39, 0.29) is 0 Å². The lowest BCUT2D eigenvalue weighted by Gasteiger charge is -1.99. The third-order valence-corrected chi connectivity index (χ3v) is 1.33. The van der Waals surface area contributed by atoms with E-state index in [2.05, 4.69) is 17.5 Å². The normalized spacial score (nSPS) is 8.80. The summed E-state index contributed by atoms with van der Waals surface area (Å²) in [5.41, 5.74) is 1.11. The van der Waals surface area contributed by atoms with E-state index < -0.39 is 0 Å². The van der Waals surface area contributed by atoms with Crippen molar-refractivity contribution >= 4 is 23.3 Å². The molecule has 0 atom stereocenters. The summed E-state index contributed by atoms with van der Waals surface area (Å²) in [6.07, 6.45) is 0. The van der Waals surface area contributed by atoms with Crippen molar-refractivity contribution in [3.8, 4) is 0 Å². The Balaban J connectivity index is 2.50. The third-order valence-electron chi connectivity index (χ3n) is 1.16. The maximum Gasteiger partial charge on any atom is 0.0433 e. The lowest BCUT2D eigenvalue weighted by atomic mass is 10.3. The van der Waals surface area contributed by atoms with Gasteiger partial charge in [0.05, 0.1) is 0 Å². The fourth-order valence-electron chi connectivity index (χ4n) is 0.716. The quantitative estimate of drug-likeness (QED) is 0.664. The van der Waals surface area contributed by atoms with Crippen molar-refractivity contribution in [2.75, 3.05) is 11.9 Å². The Morgan fingerprint density at radius 1 is 1.30 bits per heavy atom. The molecule has 1 aromatic rings. The molecule has 1 nitrogen and oxygen atoms in total. The predicted octanol–water partition coefficient (Wildman–Crippen LogP) is 2.10. The lowest BCUT2D eigenvalue weighted by molar-refractivity contribution is 1.43. The molecule has 0 heterocycles. The maximum atomic E-state index is 4.66. The molecule has 0 aliphatic rings. The minimum atomic E-state index is 0.749. The van der Waals surface area contributed by atoms with Crippen LogP contribution < -0.4 is 5.32 Å². The average Bonchev–Trinajstić information content (AvgIpc) is 2.03. The van der Waals surface area contributed by atoms with Gasteiger partial charge in [-0.3, -0.25) is 0 Å². The van der Waals surface area contributed by atoms with Crippen LogP contribution in [0.25, 0.3) is 0 Å². The number of hydrogen-bond acceptors (Lipinski definition) is 2. The summed E-state index contributed by atoms with van der Waals surface area (Å²) in [5.74, 6) is 0. The molecule has 0 fully saturated rings. The predicted molar refractivity (Wildman–Crippen MR) is 48.6 cm³/mol. The fraction of sp³-hybridized carbons (Fsp3) is 0.125. The molecular formula is C8H9NS. The zero-order valence-corrected chi connectivity index (χ0v) is 6.40. The second-order valence-electron chi connectivity index (χ2n) is 1.91. The summed E-state index contributed by atoms with van der Waals surface area (Å²) in [4.78, 5) is 0. The van der Waals surface area contributed by atoms with Crippen LogP contribution in [-0.4, -0.2) is 11.9 Å². The van der Waals surface area contributed by atoms with Crippen LogP contribution in [0.4, 0.5) is 5.69 Å². The summed E-state index contributed by atoms with van der Waals surface area (Å²) in [6.45, 7) is 0.749. The largest absolute Gasteiger partial charge is 0.381 e. The van der Waals surface area contributed by atoms with Gasteiger partial charge in [-0.15, -0.1) is 0 Å². The van der Waals surface area contributed by atoms with Crippen LogP contribution >= 0.6 is 12.2 Å². The standard InChI is InChI=1S/C8H9NS/c10-7-6-9-8-4-2-1-3-5-8/h1-5,7,9H,6H2. The monoisotopic (exact) mass is 151 g/mol. The van der Waals surface area contributed by atoms with Crippen LogP contribution in [0.5, 0.6) is 0 Å². The van der Waals surface area contributed by atoms with Crippen molar-refractivity contribution in [1.29, 1.82) is 0 Å². The highest BCUT2D eigenvalue weighted by Gasteiger charge is 1.83. The van der Waals surface area contributed by atoms with Gasteiger partial charge >= 0.3 is 0 Å². The molecule has 2 heteroatoms. The molecule has 1 N–H and O–H groups in total. The van der Waals surface area contributed by atoms with Gasteiger partial charge < -0.3 is 5.32 Å². The van der Waals surface area contributed by atoms with Crippen LogP contribution in [-0.2, 0) is 0 Å². The Kier molecular flexibility index (Phi) is 2.90. The van der Waals surface area contributed by atoms with Crippen molar-refractivity contribution in [2.24, 2.45) is 0 Å². The molecule has 0 amide bonds. The Morgan fingerprint density at radius 2 is 2.00 bits per heavy atom. The second-order valence-corrected chi connectivity index (χ2v) is 2.25. The molecule has 0 aliphatic heterocycles. The van der Waals surface area contributed by atoms with Crippen LogP contribution in [0.15, 0.2) is 30.3 Å². The number of benzene rings is 1. The molecule has 0 aliphatic carbocycles. The molecule has 52 valence electrons. The SMILES string of the molecule is S=CCNc1ccccc1. The van der Waals surface area contributed by atoms with E-state index in [0.29, 0.717) is 0 Å².